The van der Waals surface area contributed by atoms with E-state index in [9.17, 15) is 0 Å². The standard InChI is InChI=1S/C12H11.2ClH.Cr/c1-10-6-5-9-12(10)11-7-3-2-4-8-11;;;/h2-9H,1H3;2*1H;/q-1;;;+3/p-2. The number of benzene rings is 1. The van der Waals surface area contributed by atoms with Crippen molar-refractivity contribution in [3.63, 3.8) is 0 Å². The first-order chi connectivity index (χ1) is 5.88. The first kappa shape index (κ1) is 17.1. The van der Waals surface area contributed by atoms with Crippen molar-refractivity contribution in [2.45, 2.75) is 6.92 Å². The molecule has 0 N–H and O–H groups in total. The van der Waals surface area contributed by atoms with Crippen molar-refractivity contribution >= 4 is 0 Å². The van der Waals surface area contributed by atoms with Gasteiger partial charge in [0.05, 0.1) is 0 Å². The average molecular weight is 278 g/mol. The molecule has 15 heavy (non-hydrogen) atoms. The molecule has 0 aliphatic heterocycles. The fourth-order valence-corrected chi connectivity index (χ4v) is 1.45. The molecule has 0 aliphatic rings. The summed E-state index contributed by atoms with van der Waals surface area (Å²) < 4.78 is 0. The minimum Gasteiger partial charge on any atom is -1.00 e. The van der Waals surface area contributed by atoms with Gasteiger partial charge in [0.1, 0.15) is 0 Å². The van der Waals surface area contributed by atoms with Crippen LogP contribution in [0.4, 0.5) is 0 Å². The molecular weight excluding hydrogens is 267 g/mol. The van der Waals surface area contributed by atoms with E-state index in [0.29, 0.717) is 0 Å². The fraction of sp³-hybridized carbons (Fsp3) is 0.0833. The molecule has 0 nitrogen and oxygen atoms in total. The number of rotatable bonds is 1. The monoisotopic (exact) mass is 277 g/mol. The molecule has 0 saturated heterocycles. The predicted molar refractivity (Wildman–Crippen MR) is 52.2 cm³/mol. The maximum atomic E-state index is 2.16. The van der Waals surface area contributed by atoms with E-state index in [0.717, 1.165) is 0 Å². The van der Waals surface area contributed by atoms with Gasteiger partial charge in [0, 0.05) is 0 Å². The first-order valence-corrected chi connectivity index (χ1v) is 4.15. The van der Waals surface area contributed by atoms with Gasteiger partial charge < -0.3 is 24.8 Å². The second-order valence-corrected chi connectivity index (χ2v) is 2.99. The summed E-state index contributed by atoms with van der Waals surface area (Å²) in [6.45, 7) is 2.14. The van der Waals surface area contributed by atoms with Crippen LogP contribution in [0.5, 0.6) is 0 Å². The maximum Gasteiger partial charge on any atom is 3.00 e. The minimum atomic E-state index is 0. The molecule has 0 fully saturated rings. The third kappa shape index (κ3) is 3.97. The van der Waals surface area contributed by atoms with E-state index in [1.165, 1.54) is 16.7 Å². The second-order valence-electron chi connectivity index (χ2n) is 2.99. The summed E-state index contributed by atoms with van der Waals surface area (Å²) in [5.41, 5.74) is 4.00. The van der Waals surface area contributed by atoms with Gasteiger partial charge in [0.15, 0.2) is 0 Å². The largest absolute Gasteiger partial charge is 3.00 e. The number of hydrogen-bond donors (Lipinski definition) is 0. The van der Waals surface area contributed by atoms with Crippen LogP contribution in [-0.4, -0.2) is 0 Å². The smallest absolute Gasteiger partial charge is 1.00 e. The Labute approximate surface area is 114 Å². The Balaban J connectivity index is 0. The van der Waals surface area contributed by atoms with Crippen molar-refractivity contribution in [3.8, 4) is 11.1 Å². The van der Waals surface area contributed by atoms with Gasteiger partial charge in [0.25, 0.3) is 0 Å². The van der Waals surface area contributed by atoms with Gasteiger partial charge >= 0.3 is 17.4 Å². The van der Waals surface area contributed by atoms with E-state index in [1.54, 1.807) is 0 Å². The van der Waals surface area contributed by atoms with Crippen molar-refractivity contribution in [2.75, 3.05) is 0 Å². The molecule has 2 aromatic rings. The van der Waals surface area contributed by atoms with Crippen LogP contribution in [-0.2, 0) is 17.4 Å². The van der Waals surface area contributed by atoms with Crippen molar-refractivity contribution in [2.24, 2.45) is 0 Å². The van der Waals surface area contributed by atoms with Crippen LogP contribution in [0, 0.1) is 6.92 Å². The summed E-state index contributed by atoms with van der Waals surface area (Å²) in [5, 5.41) is 0. The number of aryl methyl sites for hydroxylation is 1. The summed E-state index contributed by atoms with van der Waals surface area (Å²) in [6.07, 6.45) is 0. The van der Waals surface area contributed by atoms with Gasteiger partial charge in [-0.1, -0.05) is 42.8 Å². The van der Waals surface area contributed by atoms with E-state index >= 15 is 0 Å². The topological polar surface area (TPSA) is 0 Å². The van der Waals surface area contributed by atoms with E-state index in [4.69, 9.17) is 0 Å². The van der Waals surface area contributed by atoms with Crippen molar-refractivity contribution in [1.29, 1.82) is 0 Å². The maximum absolute atomic E-state index is 2.16. The molecule has 1 radical (unpaired) electrons. The Bertz CT molecular complexity index is 368. The van der Waals surface area contributed by atoms with Gasteiger partial charge in [-0.05, 0) is 0 Å². The zero-order chi connectivity index (χ0) is 8.39. The van der Waals surface area contributed by atoms with Crippen LogP contribution in [0.15, 0.2) is 48.5 Å². The molecule has 0 atom stereocenters. The Kier molecular flexibility index (Phi) is 9.01. The Morgan fingerprint density at radius 1 is 0.933 bits per heavy atom. The predicted octanol–water partition coefficient (Wildman–Crippen LogP) is -2.61. The van der Waals surface area contributed by atoms with Crippen LogP contribution in [0.3, 0.4) is 0 Å². The summed E-state index contributed by atoms with van der Waals surface area (Å²) in [4.78, 5) is 0. The molecule has 79 valence electrons. The molecule has 0 bridgehead atoms. The SMILES string of the molecule is Cc1[cH-]ccc1-c1ccccc1.[Cl-].[Cl-].[Cr+3]. The number of hydrogen-bond acceptors (Lipinski definition) is 0. The quantitative estimate of drug-likeness (QED) is 0.501. The Morgan fingerprint density at radius 2 is 1.53 bits per heavy atom. The van der Waals surface area contributed by atoms with Crippen molar-refractivity contribution in [3.05, 3.63) is 54.1 Å². The molecule has 2 aromatic carbocycles. The summed E-state index contributed by atoms with van der Waals surface area (Å²) in [7, 11) is 0. The third-order valence-corrected chi connectivity index (χ3v) is 2.12. The molecule has 3 heteroatoms. The number of halogens is 2. The molecule has 0 aliphatic carbocycles. The summed E-state index contributed by atoms with van der Waals surface area (Å²) >= 11 is 0. The van der Waals surface area contributed by atoms with Crippen molar-refractivity contribution in [1.82, 2.24) is 0 Å². The van der Waals surface area contributed by atoms with E-state index in [-0.39, 0.29) is 42.2 Å². The zero-order valence-corrected chi connectivity index (χ0v) is 11.1. The van der Waals surface area contributed by atoms with Crippen LogP contribution >= 0.6 is 0 Å². The van der Waals surface area contributed by atoms with Crippen LogP contribution in [0.1, 0.15) is 5.56 Å². The molecule has 0 saturated carbocycles. The van der Waals surface area contributed by atoms with Gasteiger partial charge in [0.2, 0.25) is 0 Å². The van der Waals surface area contributed by atoms with E-state index in [2.05, 4.69) is 49.4 Å². The third-order valence-electron chi connectivity index (χ3n) is 2.12. The van der Waals surface area contributed by atoms with Crippen LogP contribution < -0.4 is 24.8 Å². The molecular formula is C12H11Cl2Cr. The molecule has 2 rings (SSSR count). The summed E-state index contributed by atoms with van der Waals surface area (Å²) in [6, 6.07) is 16.9. The van der Waals surface area contributed by atoms with Gasteiger partial charge in [-0.15, -0.1) is 0 Å². The normalized spacial score (nSPS) is 8.07. The molecule has 0 spiro atoms. The van der Waals surface area contributed by atoms with Crippen LogP contribution in [0.2, 0.25) is 0 Å². The Hall–Kier alpha value is -0.318. The van der Waals surface area contributed by atoms with Crippen molar-refractivity contribution < 1.29 is 42.2 Å². The summed E-state index contributed by atoms with van der Waals surface area (Å²) in [5.74, 6) is 0. The molecule has 0 unspecified atom stereocenters. The molecule has 0 aromatic heterocycles. The van der Waals surface area contributed by atoms with E-state index < -0.39 is 0 Å². The fourth-order valence-electron chi connectivity index (χ4n) is 1.45. The van der Waals surface area contributed by atoms with Crippen LogP contribution in [0.25, 0.3) is 11.1 Å². The van der Waals surface area contributed by atoms with Gasteiger partial charge in [-0.25, -0.2) is 6.07 Å². The van der Waals surface area contributed by atoms with Gasteiger partial charge in [-0.3, -0.25) is 0 Å². The molecule has 0 amide bonds. The van der Waals surface area contributed by atoms with Gasteiger partial charge in [-0.2, -0.15) is 23.3 Å². The zero-order valence-electron chi connectivity index (χ0n) is 8.28. The molecule has 0 heterocycles. The van der Waals surface area contributed by atoms with E-state index in [1.807, 2.05) is 6.07 Å². The Morgan fingerprint density at radius 3 is 2.00 bits per heavy atom. The first-order valence-electron chi connectivity index (χ1n) is 4.15. The second kappa shape index (κ2) is 7.91. The minimum absolute atomic E-state index is 0. The average Bonchev–Trinajstić information content (AvgIpc) is 2.53.